The van der Waals surface area contributed by atoms with Crippen LogP contribution >= 0.6 is 0 Å². The van der Waals surface area contributed by atoms with Crippen molar-refractivity contribution in [3.05, 3.63) is 22.2 Å². The number of amides is 1. The molecule has 6 rings (SSSR count). The van der Waals surface area contributed by atoms with Crippen molar-refractivity contribution >= 4 is 11.7 Å². The number of anilines is 1. The van der Waals surface area contributed by atoms with E-state index in [0.29, 0.717) is 25.2 Å². The summed E-state index contributed by atoms with van der Waals surface area (Å²) >= 11 is 0. The number of aliphatic hydroxyl groups excluding tert-OH is 5. The van der Waals surface area contributed by atoms with Gasteiger partial charge in [0.05, 0.1) is 43.1 Å². The molecule has 1 aromatic rings. The number of hydrogen-bond acceptors (Lipinski definition) is 10. The molecule has 4 aliphatic carbocycles. The van der Waals surface area contributed by atoms with Crippen molar-refractivity contribution < 1.29 is 35.1 Å². The van der Waals surface area contributed by atoms with Gasteiger partial charge >= 0.3 is 5.69 Å². The van der Waals surface area contributed by atoms with Gasteiger partial charge in [0.15, 0.2) is 0 Å². The lowest BCUT2D eigenvalue weighted by Gasteiger charge is -2.63. The molecule has 0 aromatic carbocycles. The Kier molecular flexibility index (Phi) is 10.0. The van der Waals surface area contributed by atoms with Gasteiger partial charge in [-0.25, -0.2) is 4.79 Å². The Morgan fingerprint density at radius 2 is 1.90 bits per heavy atom. The van der Waals surface area contributed by atoms with Crippen molar-refractivity contribution in [1.82, 2.24) is 14.9 Å². The van der Waals surface area contributed by atoms with Crippen LogP contribution in [0.2, 0.25) is 0 Å². The minimum atomic E-state index is -0.913. The SMILES string of the molecule is C[C@H](CCC(=O)NCC#Cc1cn([C@H]2C[C@H](O)[C@@H](CO)O2)c(=O)nc1N)[C@H]1CC[C@H]2[C@@H]3[C@H](O)C[C@@H]4C[C@H](O)CC[C@]4(C)[C@H]3C[C@H](O)[C@]12C. The zero-order valence-corrected chi connectivity index (χ0v) is 28.4. The molecule has 5 fully saturated rings. The maximum Gasteiger partial charge on any atom is 0.351 e. The van der Waals surface area contributed by atoms with E-state index >= 15 is 0 Å². The van der Waals surface area contributed by atoms with Crippen molar-refractivity contribution in [3.63, 3.8) is 0 Å². The number of nitrogens with zero attached hydrogens (tertiary/aromatic N) is 2. The molecule has 12 nitrogen and oxygen atoms in total. The van der Waals surface area contributed by atoms with Gasteiger partial charge in [0, 0.05) is 19.0 Å². The monoisotopic (exact) mass is 670 g/mol. The van der Waals surface area contributed by atoms with Gasteiger partial charge in [-0.15, -0.1) is 0 Å². The van der Waals surface area contributed by atoms with E-state index in [2.05, 4.69) is 42.9 Å². The van der Waals surface area contributed by atoms with E-state index in [9.17, 15) is 35.1 Å². The number of nitrogens with two attached hydrogens (primary N) is 1. The lowest BCUT2D eigenvalue weighted by Crippen LogP contribution is -2.62. The number of aliphatic hydroxyl groups is 5. The largest absolute Gasteiger partial charge is 0.394 e. The number of ether oxygens (including phenoxy) is 1. The minimum absolute atomic E-state index is 0.0386. The smallest absolute Gasteiger partial charge is 0.351 e. The first kappa shape index (κ1) is 35.3. The standard InChI is InChI=1S/C36H54N4O8/c1-19(6-9-30(46)38-12-4-5-20-17-40(34(47)39-33(20)37)31-16-26(43)28(18-41)48-31)23-7-8-24-32-25(15-29(45)36(23,24)3)35(2)11-10-22(42)13-21(35)14-27(32)44/h17,19,21-29,31-32,41-45H,6-16,18H2,1-3H3,(H,38,46)(H2,37,39,47)/t19-,21+,22-,23-,24+,25+,26+,27-,28-,29+,31-,32+,35+,36-/m1/s1. The fourth-order valence-electron chi connectivity index (χ4n) is 10.9. The highest BCUT2D eigenvalue weighted by Crippen LogP contribution is 2.68. The zero-order valence-electron chi connectivity index (χ0n) is 28.4. The maximum absolute atomic E-state index is 12.8. The molecule has 2 heterocycles. The van der Waals surface area contributed by atoms with Crippen LogP contribution in [0.3, 0.4) is 0 Å². The Labute approximate surface area is 282 Å². The van der Waals surface area contributed by atoms with Crippen LogP contribution < -0.4 is 16.7 Å². The second-order valence-electron chi connectivity index (χ2n) is 16.0. The third-order valence-electron chi connectivity index (χ3n) is 13.6. The third kappa shape index (κ3) is 6.20. The highest BCUT2D eigenvalue weighted by Gasteiger charge is 2.65. The summed E-state index contributed by atoms with van der Waals surface area (Å²) in [4.78, 5) is 29.0. The number of carbonyl (C=O) groups is 1. The molecule has 1 saturated heterocycles. The molecule has 4 saturated carbocycles. The molecule has 1 aliphatic heterocycles. The summed E-state index contributed by atoms with van der Waals surface area (Å²) in [6, 6.07) is 0. The average Bonchev–Trinajstić information content (AvgIpc) is 3.60. The summed E-state index contributed by atoms with van der Waals surface area (Å²) < 4.78 is 6.76. The first-order valence-corrected chi connectivity index (χ1v) is 17.9. The summed E-state index contributed by atoms with van der Waals surface area (Å²) in [5, 5.41) is 55.9. The van der Waals surface area contributed by atoms with Crippen molar-refractivity contribution in [2.75, 3.05) is 18.9 Å². The molecule has 8 N–H and O–H groups in total. The van der Waals surface area contributed by atoms with E-state index in [-0.39, 0.29) is 83.4 Å². The van der Waals surface area contributed by atoms with Crippen LogP contribution in [-0.2, 0) is 9.53 Å². The van der Waals surface area contributed by atoms with Crippen molar-refractivity contribution in [2.45, 2.75) is 122 Å². The van der Waals surface area contributed by atoms with Crippen LogP contribution in [0.4, 0.5) is 5.82 Å². The van der Waals surface area contributed by atoms with Crippen molar-refractivity contribution in [1.29, 1.82) is 0 Å². The Hall–Kier alpha value is -2.53. The van der Waals surface area contributed by atoms with Crippen LogP contribution in [0.25, 0.3) is 0 Å². The molecule has 48 heavy (non-hydrogen) atoms. The fourth-order valence-corrected chi connectivity index (χ4v) is 10.9. The molecule has 14 atom stereocenters. The molecule has 0 spiro atoms. The van der Waals surface area contributed by atoms with Crippen molar-refractivity contribution in [2.24, 2.45) is 46.3 Å². The second kappa shape index (κ2) is 13.6. The Morgan fingerprint density at radius 1 is 1.12 bits per heavy atom. The van der Waals surface area contributed by atoms with Gasteiger partial charge in [-0.2, -0.15) is 4.98 Å². The van der Waals surface area contributed by atoms with E-state index in [1.807, 2.05) is 0 Å². The predicted octanol–water partition coefficient (Wildman–Crippen LogP) is 1.31. The maximum atomic E-state index is 12.8. The molecule has 5 aliphatic rings. The summed E-state index contributed by atoms with van der Waals surface area (Å²) in [5.74, 6) is 6.96. The molecule has 1 amide bonds. The minimum Gasteiger partial charge on any atom is -0.394 e. The Balaban J connectivity index is 1.04. The molecular formula is C36H54N4O8. The first-order valence-electron chi connectivity index (χ1n) is 17.9. The first-order chi connectivity index (χ1) is 22.8. The summed E-state index contributed by atoms with van der Waals surface area (Å²) in [7, 11) is 0. The number of nitrogens with one attached hydrogen (secondary N) is 1. The number of fused-ring (bicyclic) bond motifs is 5. The van der Waals surface area contributed by atoms with Gasteiger partial charge in [0.1, 0.15) is 18.1 Å². The highest BCUT2D eigenvalue weighted by molar-refractivity contribution is 5.76. The Bertz CT molecular complexity index is 1480. The lowest BCUT2D eigenvalue weighted by molar-refractivity contribution is -0.207. The third-order valence-corrected chi connectivity index (χ3v) is 13.6. The van der Waals surface area contributed by atoms with E-state index in [0.717, 1.165) is 38.5 Å². The van der Waals surface area contributed by atoms with Gasteiger partial charge in [-0.1, -0.05) is 32.6 Å². The van der Waals surface area contributed by atoms with Gasteiger partial charge in [0.2, 0.25) is 5.91 Å². The number of nitrogen functional groups attached to an aromatic ring is 1. The molecular weight excluding hydrogens is 616 g/mol. The number of carbonyl (C=O) groups excluding carboxylic acids is 1. The van der Waals surface area contributed by atoms with E-state index in [1.165, 1.54) is 10.8 Å². The average molecular weight is 671 g/mol. The fraction of sp³-hybridized carbons (Fsp3) is 0.806. The highest BCUT2D eigenvalue weighted by atomic mass is 16.5. The second-order valence-corrected chi connectivity index (χ2v) is 16.0. The molecule has 1 aromatic heterocycles. The summed E-state index contributed by atoms with van der Waals surface area (Å²) in [6.07, 6.45) is 4.75. The number of rotatable bonds is 7. The zero-order chi connectivity index (χ0) is 34.5. The molecule has 12 heteroatoms. The van der Waals surface area contributed by atoms with Crippen LogP contribution in [0.15, 0.2) is 11.0 Å². The topological polar surface area (TPSA) is 200 Å². The molecule has 266 valence electrons. The van der Waals surface area contributed by atoms with E-state index in [4.69, 9.17) is 10.5 Å². The van der Waals surface area contributed by atoms with Gasteiger partial charge in [-0.05, 0) is 97.7 Å². The van der Waals surface area contributed by atoms with E-state index < -0.39 is 36.3 Å². The van der Waals surface area contributed by atoms with Gasteiger partial charge in [-0.3, -0.25) is 9.36 Å². The van der Waals surface area contributed by atoms with Crippen molar-refractivity contribution in [3.8, 4) is 11.8 Å². The van der Waals surface area contributed by atoms with Crippen LogP contribution in [0.1, 0.15) is 96.8 Å². The number of hydrogen-bond donors (Lipinski definition) is 7. The number of aromatic nitrogens is 2. The molecule has 0 bridgehead atoms. The van der Waals surface area contributed by atoms with Crippen LogP contribution in [0.5, 0.6) is 0 Å². The normalized spacial score (nSPS) is 42.5. The van der Waals surface area contributed by atoms with Gasteiger partial charge in [0.25, 0.3) is 0 Å². The lowest BCUT2D eigenvalue weighted by atomic mass is 9.43. The van der Waals surface area contributed by atoms with Crippen LogP contribution in [-0.4, -0.2) is 84.7 Å². The molecule has 0 radical (unpaired) electrons. The van der Waals surface area contributed by atoms with Crippen LogP contribution in [0, 0.1) is 58.2 Å². The molecule has 0 unspecified atom stereocenters. The predicted molar refractivity (Wildman–Crippen MR) is 177 cm³/mol. The summed E-state index contributed by atoms with van der Waals surface area (Å²) in [5.41, 5.74) is 5.28. The van der Waals surface area contributed by atoms with Gasteiger partial charge < -0.3 is 41.3 Å². The quantitative estimate of drug-likeness (QED) is 0.208. The van der Waals surface area contributed by atoms with E-state index in [1.54, 1.807) is 0 Å². The Morgan fingerprint density at radius 3 is 2.62 bits per heavy atom. The summed E-state index contributed by atoms with van der Waals surface area (Å²) in [6.45, 7) is 6.46.